The Bertz CT molecular complexity index is 462. The Kier molecular flexibility index (Phi) is 3.62. The van der Waals surface area contributed by atoms with Gasteiger partial charge in [0.25, 0.3) is 0 Å². The van der Waals surface area contributed by atoms with Gasteiger partial charge in [-0.25, -0.2) is 4.68 Å². The normalized spacial score (nSPS) is 10.6. The summed E-state index contributed by atoms with van der Waals surface area (Å²) in [7, 11) is 0. The van der Waals surface area contributed by atoms with Crippen LogP contribution in [0.25, 0.3) is 5.69 Å². The average Bonchev–Trinajstić information content (AvgIpc) is 2.75. The molecule has 2 nitrogen and oxygen atoms in total. The molecule has 0 saturated carbocycles. The Hall–Kier alpha value is -1.28. The molecule has 0 aliphatic rings. The molecule has 0 unspecified atom stereocenters. The predicted octanol–water partition coefficient (Wildman–Crippen LogP) is 3.35. The largest absolute Gasteiger partial charge is 0.240 e. The van der Waals surface area contributed by atoms with Crippen molar-refractivity contribution in [3.63, 3.8) is 0 Å². The minimum Gasteiger partial charge on any atom is -0.240 e. The van der Waals surface area contributed by atoms with Crippen molar-refractivity contribution in [3.05, 3.63) is 47.8 Å². The maximum absolute atomic E-state index is 5.67. The fourth-order valence-electron chi connectivity index (χ4n) is 1.71. The summed E-state index contributed by atoms with van der Waals surface area (Å²) in [6, 6.07) is 8.24. The quantitative estimate of drug-likeness (QED) is 0.742. The van der Waals surface area contributed by atoms with Crippen LogP contribution in [-0.2, 0) is 6.42 Å². The van der Waals surface area contributed by atoms with Crippen LogP contribution >= 0.6 is 11.6 Å². The summed E-state index contributed by atoms with van der Waals surface area (Å²) < 4.78 is 1.93. The van der Waals surface area contributed by atoms with Crippen LogP contribution in [0, 0.1) is 6.92 Å². The molecule has 0 N–H and O–H groups in total. The molecule has 2 aromatic rings. The minimum absolute atomic E-state index is 0.704. The van der Waals surface area contributed by atoms with Gasteiger partial charge in [-0.15, -0.1) is 11.6 Å². The van der Waals surface area contributed by atoms with Gasteiger partial charge < -0.3 is 0 Å². The first-order valence-corrected chi connectivity index (χ1v) is 6.00. The Morgan fingerprint density at radius 3 is 2.88 bits per heavy atom. The van der Waals surface area contributed by atoms with Crippen molar-refractivity contribution >= 4 is 11.6 Å². The third kappa shape index (κ3) is 2.45. The summed E-state index contributed by atoms with van der Waals surface area (Å²) in [5.74, 6) is 0.704. The first kappa shape index (κ1) is 11.2. The molecular weight excluding hydrogens is 220 g/mol. The monoisotopic (exact) mass is 234 g/mol. The molecule has 0 spiro atoms. The number of para-hydroxylation sites is 1. The zero-order chi connectivity index (χ0) is 11.4. The molecular formula is C13H15ClN2. The molecule has 0 aliphatic carbocycles. The first-order chi connectivity index (χ1) is 7.81. The van der Waals surface area contributed by atoms with Gasteiger partial charge in [0.05, 0.1) is 11.9 Å². The van der Waals surface area contributed by atoms with Gasteiger partial charge >= 0.3 is 0 Å². The topological polar surface area (TPSA) is 17.8 Å². The van der Waals surface area contributed by atoms with E-state index in [0.717, 1.165) is 18.5 Å². The van der Waals surface area contributed by atoms with Crippen molar-refractivity contribution in [3.8, 4) is 5.69 Å². The highest BCUT2D eigenvalue weighted by Crippen LogP contribution is 2.13. The summed E-state index contributed by atoms with van der Waals surface area (Å²) in [5.41, 5.74) is 3.61. The molecule has 84 valence electrons. The van der Waals surface area contributed by atoms with Crippen LogP contribution in [0.1, 0.15) is 17.5 Å². The fraction of sp³-hybridized carbons (Fsp3) is 0.308. The number of hydrogen-bond acceptors (Lipinski definition) is 1. The number of hydrogen-bond donors (Lipinski definition) is 0. The number of rotatable bonds is 4. The van der Waals surface area contributed by atoms with E-state index in [1.54, 1.807) is 0 Å². The molecule has 1 heterocycles. The summed E-state index contributed by atoms with van der Waals surface area (Å²) in [4.78, 5) is 0. The van der Waals surface area contributed by atoms with Gasteiger partial charge in [-0.2, -0.15) is 5.10 Å². The summed E-state index contributed by atoms with van der Waals surface area (Å²) in [5, 5.41) is 4.37. The molecule has 0 atom stereocenters. The highest BCUT2D eigenvalue weighted by Gasteiger charge is 2.02. The van der Waals surface area contributed by atoms with Gasteiger partial charge in [-0.1, -0.05) is 18.2 Å². The number of alkyl halides is 1. The number of benzene rings is 1. The van der Waals surface area contributed by atoms with Gasteiger partial charge in [0.1, 0.15) is 0 Å². The number of aromatic nitrogens is 2. The van der Waals surface area contributed by atoms with Gasteiger partial charge in [0, 0.05) is 12.1 Å². The lowest BCUT2D eigenvalue weighted by Crippen LogP contribution is -1.96. The zero-order valence-electron chi connectivity index (χ0n) is 9.36. The Balaban J connectivity index is 2.22. The SMILES string of the molecule is Cc1ccccc1-n1cc(CCCCl)cn1. The second kappa shape index (κ2) is 5.17. The fourth-order valence-corrected chi connectivity index (χ4v) is 1.85. The lowest BCUT2D eigenvalue weighted by Gasteiger charge is -2.04. The zero-order valence-corrected chi connectivity index (χ0v) is 10.1. The summed E-state index contributed by atoms with van der Waals surface area (Å²) in [6.45, 7) is 2.09. The molecule has 0 aliphatic heterocycles. The number of aryl methyl sites for hydroxylation is 2. The Labute approximate surface area is 101 Å². The molecule has 16 heavy (non-hydrogen) atoms. The van der Waals surface area contributed by atoms with E-state index in [9.17, 15) is 0 Å². The van der Waals surface area contributed by atoms with Crippen molar-refractivity contribution in [2.75, 3.05) is 5.88 Å². The predicted molar refractivity (Wildman–Crippen MR) is 67.3 cm³/mol. The molecule has 0 saturated heterocycles. The maximum atomic E-state index is 5.67. The van der Waals surface area contributed by atoms with Crippen molar-refractivity contribution < 1.29 is 0 Å². The molecule has 1 aromatic carbocycles. The highest BCUT2D eigenvalue weighted by molar-refractivity contribution is 6.17. The van der Waals surface area contributed by atoms with E-state index < -0.39 is 0 Å². The van der Waals surface area contributed by atoms with E-state index in [4.69, 9.17) is 11.6 Å². The van der Waals surface area contributed by atoms with Crippen LogP contribution in [0.5, 0.6) is 0 Å². The Morgan fingerprint density at radius 1 is 1.31 bits per heavy atom. The third-order valence-corrected chi connectivity index (χ3v) is 2.86. The van der Waals surface area contributed by atoms with E-state index in [0.29, 0.717) is 5.88 Å². The minimum atomic E-state index is 0.704. The van der Waals surface area contributed by atoms with E-state index in [2.05, 4.69) is 30.4 Å². The molecule has 2 rings (SSSR count). The van der Waals surface area contributed by atoms with E-state index >= 15 is 0 Å². The van der Waals surface area contributed by atoms with E-state index in [-0.39, 0.29) is 0 Å². The van der Waals surface area contributed by atoms with Crippen LogP contribution in [0.4, 0.5) is 0 Å². The number of halogens is 1. The second-order valence-corrected chi connectivity index (χ2v) is 4.25. The van der Waals surface area contributed by atoms with E-state index in [1.165, 1.54) is 11.1 Å². The maximum Gasteiger partial charge on any atom is 0.0674 e. The lowest BCUT2D eigenvalue weighted by molar-refractivity contribution is 0.870. The van der Waals surface area contributed by atoms with Crippen molar-refractivity contribution in [2.45, 2.75) is 19.8 Å². The molecule has 3 heteroatoms. The second-order valence-electron chi connectivity index (χ2n) is 3.87. The van der Waals surface area contributed by atoms with Crippen molar-refractivity contribution in [1.29, 1.82) is 0 Å². The van der Waals surface area contributed by atoms with Gasteiger partial charge in [0.15, 0.2) is 0 Å². The van der Waals surface area contributed by atoms with Crippen molar-refractivity contribution in [2.24, 2.45) is 0 Å². The molecule has 0 radical (unpaired) electrons. The number of nitrogens with zero attached hydrogens (tertiary/aromatic N) is 2. The molecule has 0 amide bonds. The van der Waals surface area contributed by atoms with Crippen LogP contribution < -0.4 is 0 Å². The smallest absolute Gasteiger partial charge is 0.0674 e. The van der Waals surface area contributed by atoms with E-state index in [1.807, 2.05) is 23.0 Å². The Morgan fingerprint density at radius 2 is 2.12 bits per heavy atom. The van der Waals surface area contributed by atoms with Crippen LogP contribution in [-0.4, -0.2) is 15.7 Å². The highest BCUT2D eigenvalue weighted by atomic mass is 35.5. The molecule has 0 fully saturated rings. The summed E-state index contributed by atoms with van der Waals surface area (Å²) in [6.07, 6.45) is 5.99. The van der Waals surface area contributed by atoms with Crippen LogP contribution in [0.2, 0.25) is 0 Å². The summed E-state index contributed by atoms with van der Waals surface area (Å²) >= 11 is 5.67. The van der Waals surface area contributed by atoms with Gasteiger partial charge in [-0.3, -0.25) is 0 Å². The third-order valence-electron chi connectivity index (χ3n) is 2.60. The van der Waals surface area contributed by atoms with Crippen LogP contribution in [0.15, 0.2) is 36.7 Å². The van der Waals surface area contributed by atoms with Crippen LogP contribution in [0.3, 0.4) is 0 Å². The molecule has 0 bridgehead atoms. The average molecular weight is 235 g/mol. The molecule has 1 aromatic heterocycles. The standard InChI is InChI=1S/C13H15ClN2/c1-11-5-2-3-7-13(11)16-10-12(9-15-16)6-4-8-14/h2-3,5,7,9-10H,4,6,8H2,1H3. The van der Waals surface area contributed by atoms with Gasteiger partial charge in [-0.05, 0) is 37.0 Å². The van der Waals surface area contributed by atoms with Crippen molar-refractivity contribution in [1.82, 2.24) is 9.78 Å². The first-order valence-electron chi connectivity index (χ1n) is 5.47. The lowest BCUT2D eigenvalue weighted by atomic mass is 10.2. The van der Waals surface area contributed by atoms with Gasteiger partial charge in [0.2, 0.25) is 0 Å².